The minimum Gasteiger partial charge on any atom is -0.489 e. The molecule has 0 radical (unpaired) electrons. The van der Waals surface area contributed by atoms with Gasteiger partial charge in [-0.25, -0.2) is 18.4 Å². The zero-order valence-corrected chi connectivity index (χ0v) is 26.2. The van der Waals surface area contributed by atoms with Crippen molar-refractivity contribution in [2.24, 2.45) is 5.92 Å². The Labute approximate surface area is 263 Å². The second-order valence-electron chi connectivity index (χ2n) is 11.4. The zero-order valence-electron chi connectivity index (χ0n) is 25.4. The van der Waals surface area contributed by atoms with Crippen LogP contribution in [0.5, 0.6) is 5.75 Å². The summed E-state index contributed by atoms with van der Waals surface area (Å²) in [6, 6.07) is 1.39. The molecule has 2 aromatic rings. The van der Waals surface area contributed by atoms with Crippen LogP contribution in [0.2, 0.25) is 0 Å². The summed E-state index contributed by atoms with van der Waals surface area (Å²) >= 11 is 0. The maximum absolute atomic E-state index is 13.6. The van der Waals surface area contributed by atoms with Gasteiger partial charge in [0.2, 0.25) is 5.95 Å². The van der Waals surface area contributed by atoms with Crippen molar-refractivity contribution < 1.29 is 44.6 Å². The molecule has 1 aromatic carbocycles. The number of likely N-dealkylation sites (N-methyl/N-ethyl adjacent to an activating group) is 1. The van der Waals surface area contributed by atoms with Crippen molar-refractivity contribution in [1.29, 1.82) is 0 Å². The van der Waals surface area contributed by atoms with E-state index in [1.165, 1.54) is 23.4 Å². The standard InChI is InChI=1S/C30H37F6N5O4S/c1-3-40(18-20-6-4-5-7-20)25-8-9-27(42)41(19-21-12-22(29(31,32)33)14-23(13-21)30(34,35)36)26(25)17-39-28-37-15-24(16-38-28)45-10-11-46(2,43)44/h8-9,12-16,20,27,42H,3-7,10-11,17-19H2,1-2H3,(H,37,38,39). The first kappa shape index (κ1) is 35.3. The average molecular weight is 678 g/mol. The van der Waals surface area contributed by atoms with Crippen LogP contribution in [-0.2, 0) is 28.7 Å². The number of sulfone groups is 1. The molecule has 1 unspecified atom stereocenters. The smallest absolute Gasteiger partial charge is 0.416 e. The maximum Gasteiger partial charge on any atom is 0.416 e. The molecule has 2 heterocycles. The third-order valence-electron chi connectivity index (χ3n) is 7.83. The van der Waals surface area contributed by atoms with Gasteiger partial charge in [0.25, 0.3) is 0 Å². The fraction of sp³-hybridized carbons (Fsp3) is 0.533. The Kier molecular flexibility index (Phi) is 11.1. The van der Waals surface area contributed by atoms with Gasteiger partial charge in [-0.3, -0.25) is 0 Å². The molecule has 0 amide bonds. The summed E-state index contributed by atoms with van der Waals surface area (Å²) in [4.78, 5) is 11.8. The lowest BCUT2D eigenvalue weighted by Crippen LogP contribution is -2.41. The van der Waals surface area contributed by atoms with Gasteiger partial charge in [-0.2, -0.15) is 26.3 Å². The highest BCUT2D eigenvalue weighted by Crippen LogP contribution is 2.37. The Hall–Kier alpha value is -3.53. The summed E-state index contributed by atoms with van der Waals surface area (Å²) in [7, 11) is -3.23. The topological polar surface area (TPSA) is 108 Å². The van der Waals surface area contributed by atoms with Crippen molar-refractivity contribution in [2.75, 3.05) is 43.6 Å². The minimum absolute atomic E-state index is 0.0305. The molecular weight excluding hydrogens is 640 g/mol. The van der Waals surface area contributed by atoms with E-state index in [2.05, 4.69) is 20.2 Å². The number of benzene rings is 1. The number of aromatic nitrogens is 2. The van der Waals surface area contributed by atoms with Crippen LogP contribution in [0, 0.1) is 5.92 Å². The van der Waals surface area contributed by atoms with E-state index in [-0.39, 0.29) is 42.2 Å². The normalized spacial score (nSPS) is 17.9. The van der Waals surface area contributed by atoms with Crippen molar-refractivity contribution in [2.45, 2.75) is 57.7 Å². The van der Waals surface area contributed by atoms with Crippen molar-refractivity contribution in [1.82, 2.24) is 19.8 Å². The molecule has 1 aromatic heterocycles. The largest absolute Gasteiger partial charge is 0.489 e. The molecule has 0 bridgehead atoms. The molecule has 16 heteroatoms. The quantitative estimate of drug-likeness (QED) is 0.267. The summed E-state index contributed by atoms with van der Waals surface area (Å²) < 4.78 is 110. The molecule has 4 rings (SSSR count). The predicted molar refractivity (Wildman–Crippen MR) is 159 cm³/mol. The van der Waals surface area contributed by atoms with Crippen LogP contribution in [0.4, 0.5) is 32.3 Å². The third kappa shape index (κ3) is 9.74. The summed E-state index contributed by atoms with van der Waals surface area (Å²) in [6.07, 6.45) is -0.149. The number of nitrogens with one attached hydrogen (secondary N) is 1. The van der Waals surface area contributed by atoms with Gasteiger partial charge in [-0.05, 0) is 61.6 Å². The van der Waals surface area contributed by atoms with Gasteiger partial charge in [0, 0.05) is 25.9 Å². The Bertz CT molecular complexity index is 1470. The van der Waals surface area contributed by atoms with E-state index in [1.807, 2.05) is 6.92 Å². The van der Waals surface area contributed by atoms with Crippen LogP contribution in [0.1, 0.15) is 49.3 Å². The van der Waals surface area contributed by atoms with E-state index in [0.717, 1.165) is 31.9 Å². The van der Waals surface area contributed by atoms with Crippen LogP contribution >= 0.6 is 0 Å². The van der Waals surface area contributed by atoms with Crippen LogP contribution in [0.25, 0.3) is 0 Å². The minimum atomic E-state index is -5.01. The van der Waals surface area contributed by atoms with Crippen LogP contribution in [0.15, 0.2) is 54.1 Å². The van der Waals surface area contributed by atoms with Gasteiger partial charge in [-0.15, -0.1) is 0 Å². The van der Waals surface area contributed by atoms with Gasteiger partial charge in [-0.1, -0.05) is 12.8 Å². The number of hydrogen-bond acceptors (Lipinski definition) is 9. The van der Waals surface area contributed by atoms with Gasteiger partial charge in [0.15, 0.2) is 15.6 Å². The fourth-order valence-corrected chi connectivity index (χ4v) is 5.90. The first-order chi connectivity index (χ1) is 21.5. The number of halogens is 6. The molecule has 0 saturated heterocycles. The maximum atomic E-state index is 13.6. The highest BCUT2D eigenvalue weighted by molar-refractivity contribution is 7.90. The highest BCUT2D eigenvalue weighted by Gasteiger charge is 2.37. The monoisotopic (exact) mass is 677 g/mol. The number of aliphatic hydroxyl groups is 1. The van der Waals surface area contributed by atoms with Gasteiger partial charge < -0.3 is 25.0 Å². The molecule has 1 fully saturated rings. The first-order valence-electron chi connectivity index (χ1n) is 14.8. The molecule has 1 atom stereocenters. The fourth-order valence-electron chi connectivity index (χ4n) is 5.52. The van der Waals surface area contributed by atoms with Crippen LogP contribution in [0.3, 0.4) is 0 Å². The van der Waals surface area contributed by atoms with Gasteiger partial charge in [0.05, 0.1) is 47.2 Å². The number of allylic oxidation sites excluding steroid dienone is 1. The first-order valence-corrected chi connectivity index (χ1v) is 16.9. The summed E-state index contributed by atoms with van der Waals surface area (Å²) in [6.45, 7) is 2.64. The molecular formula is C30H37F6N5O4S. The Balaban J connectivity index is 1.65. The lowest BCUT2D eigenvalue weighted by Gasteiger charge is -2.39. The number of ether oxygens (including phenoxy) is 1. The Morgan fingerprint density at radius 3 is 2.20 bits per heavy atom. The van der Waals surface area contributed by atoms with E-state index >= 15 is 0 Å². The molecule has 1 aliphatic heterocycles. The highest BCUT2D eigenvalue weighted by atomic mass is 32.2. The van der Waals surface area contributed by atoms with Crippen LogP contribution < -0.4 is 10.1 Å². The Morgan fingerprint density at radius 2 is 1.65 bits per heavy atom. The lowest BCUT2D eigenvalue weighted by molar-refractivity contribution is -0.143. The lowest BCUT2D eigenvalue weighted by atomic mass is 10.0. The molecule has 2 N–H and O–H groups in total. The zero-order chi connectivity index (χ0) is 33.7. The molecule has 0 spiro atoms. The SMILES string of the molecule is CCN(CC1CCCC1)C1=C(CNc2ncc(OCCS(C)(=O)=O)cn2)N(Cc2cc(C(F)(F)F)cc(C(F)(F)F)c2)C(O)C=C1. The van der Waals surface area contributed by atoms with Crippen molar-refractivity contribution in [3.05, 3.63) is 70.8 Å². The number of hydrogen-bond donors (Lipinski definition) is 2. The van der Waals surface area contributed by atoms with E-state index in [4.69, 9.17) is 4.74 Å². The van der Waals surface area contributed by atoms with Crippen molar-refractivity contribution in [3.8, 4) is 5.75 Å². The van der Waals surface area contributed by atoms with Crippen molar-refractivity contribution in [3.63, 3.8) is 0 Å². The molecule has 2 aliphatic rings. The number of anilines is 1. The summed E-state index contributed by atoms with van der Waals surface area (Å²) in [5, 5.41) is 14.0. The number of rotatable bonds is 13. The van der Waals surface area contributed by atoms with E-state index in [1.54, 1.807) is 6.08 Å². The molecule has 254 valence electrons. The molecule has 1 aliphatic carbocycles. The summed E-state index contributed by atoms with van der Waals surface area (Å²) in [5.41, 5.74) is -2.06. The molecule has 46 heavy (non-hydrogen) atoms. The second-order valence-corrected chi connectivity index (χ2v) is 13.7. The summed E-state index contributed by atoms with van der Waals surface area (Å²) in [5.74, 6) is 0.585. The number of aliphatic hydroxyl groups excluding tert-OH is 1. The number of nitrogens with zero attached hydrogens (tertiary/aromatic N) is 4. The second kappa shape index (κ2) is 14.5. The molecule has 9 nitrogen and oxygen atoms in total. The van der Waals surface area contributed by atoms with E-state index < -0.39 is 46.1 Å². The predicted octanol–water partition coefficient (Wildman–Crippen LogP) is 5.46. The van der Waals surface area contributed by atoms with Gasteiger partial charge >= 0.3 is 12.4 Å². The number of alkyl halides is 6. The Morgan fingerprint density at radius 1 is 1.04 bits per heavy atom. The van der Waals surface area contributed by atoms with Crippen LogP contribution in [-0.4, -0.2) is 77.8 Å². The van der Waals surface area contributed by atoms with E-state index in [9.17, 15) is 39.9 Å². The third-order valence-corrected chi connectivity index (χ3v) is 8.74. The average Bonchev–Trinajstić information content (AvgIpc) is 3.49. The molecule has 1 saturated carbocycles. The van der Waals surface area contributed by atoms with Crippen molar-refractivity contribution >= 4 is 15.8 Å². The van der Waals surface area contributed by atoms with E-state index in [0.29, 0.717) is 42.5 Å². The van der Waals surface area contributed by atoms with Gasteiger partial charge in [0.1, 0.15) is 12.8 Å².